The van der Waals surface area contributed by atoms with Crippen molar-refractivity contribution in [1.82, 2.24) is 0 Å². The first kappa shape index (κ1) is 5.85. The summed E-state index contributed by atoms with van der Waals surface area (Å²) in [6.45, 7) is 0.0981. The molecule has 2 nitrogen and oxygen atoms in total. The molecule has 0 spiro atoms. The van der Waals surface area contributed by atoms with Gasteiger partial charge in [0.2, 0.25) is 0 Å². The van der Waals surface area contributed by atoms with Gasteiger partial charge in [-0.05, 0) is 0 Å². The summed E-state index contributed by atoms with van der Waals surface area (Å²) in [5.74, 6) is 0. The summed E-state index contributed by atoms with van der Waals surface area (Å²) >= 11 is 0. The Bertz CT molecular complexity index is 103. The van der Waals surface area contributed by atoms with Gasteiger partial charge in [0.25, 0.3) is 0 Å². The molecule has 0 saturated carbocycles. The Kier molecular flexibility index (Phi) is 1.71. The van der Waals surface area contributed by atoms with Gasteiger partial charge in [0.15, 0.2) is 0 Å². The molecule has 0 fully saturated rings. The van der Waals surface area contributed by atoms with E-state index in [-0.39, 0.29) is 18.7 Å². The van der Waals surface area contributed by atoms with Crippen molar-refractivity contribution in [3.05, 3.63) is 12.2 Å². The van der Waals surface area contributed by atoms with Crippen molar-refractivity contribution in [1.29, 1.82) is 0 Å². The molecule has 0 aromatic carbocycles. The minimum Gasteiger partial charge on any atom is -0.393 e. The number of hydrogen-bond donors (Lipinski definition) is 1. The summed E-state index contributed by atoms with van der Waals surface area (Å²) in [7, 11) is 1.95. The predicted molar refractivity (Wildman–Crippen MR) is 33.4 cm³/mol. The summed E-state index contributed by atoms with van der Waals surface area (Å²) in [5, 5.41) is 8.51. The number of aliphatic hydroxyl groups is 1. The van der Waals surface area contributed by atoms with E-state index >= 15 is 0 Å². The lowest BCUT2D eigenvalue weighted by atomic mass is 10.0. The molecule has 0 saturated heterocycles. The van der Waals surface area contributed by atoms with E-state index in [4.69, 9.17) is 9.84 Å². The molecule has 1 heterocycles. The van der Waals surface area contributed by atoms with Crippen LogP contribution in [0.1, 0.15) is 0 Å². The van der Waals surface area contributed by atoms with E-state index in [9.17, 15) is 0 Å². The molecule has 0 aliphatic carbocycles. The average Bonchev–Trinajstić information content (AvgIpc) is 2.14. The Morgan fingerprint density at radius 2 is 2.38 bits per heavy atom. The fourth-order valence-corrected chi connectivity index (χ4v) is 0.751. The molecule has 1 aliphatic heterocycles. The number of rotatable bonds is 1. The van der Waals surface area contributed by atoms with Crippen molar-refractivity contribution < 1.29 is 9.84 Å². The first-order valence-electron chi connectivity index (χ1n) is 2.77. The van der Waals surface area contributed by atoms with E-state index in [2.05, 4.69) is 0 Å². The van der Waals surface area contributed by atoms with Gasteiger partial charge < -0.3 is 9.84 Å². The Morgan fingerprint density at radius 1 is 1.62 bits per heavy atom. The van der Waals surface area contributed by atoms with E-state index in [1.54, 1.807) is 0 Å². The van der Waals surface area contributed by atoms with Crippen LogP contribution in [0.3, 0.4) is 0 Å². The van der Waals surface area contributed by atoms with Crippen molar-refractivity contribution >= 4 is 7.85 Å². The number of hydrogen-bond acceptors (Lipinski definition) is 2. The lowest BCUT2D eigenvalue weighted by molar-refractivity contribution is 0.0581. The van der Waals surface area contributed by atoms with Crippen LogP contribution in [0.15, 0.2) is 12.2 Å². The van der Waals surface area contributed by atoms with E-state index in [0.717, 1.165) is 0 Å². The Hall–Kier alpha value is -0.275. The molecule has 1 N–H and O–H groups in total. The molecule has 1 aliphatic rings. The van der Waals surface area contributed by atoms with Crippen LogP contribution in [-0.4, -0.2) is 31.7 Å². The van der Waals surface area contributed by atoms with Crippen LogP contribution in [0.4, 0.5) is 0 Å². The van der Waals surface area contributed by atoms with Gasteiger partial charge in [0.05, 0.1) is 12.7 Å². The summed E-state index contributed by atoms with van der Waals surface area (Å²) < 4.78 is 5.15. The standard InChI is InChI=1S/C5H9BO2/c6-5-2-1-4(3-7)8-5/h1-2,4-5,7H,3,6H2/t4-,5+/m0/s1. The molecule has 0 bridgehead atoms. The van der Waals surface area contributed by atoms with Crippen LogP contribution in [0.5, 0.6) is 0 Å². The highest BCUT2D eigenvalue weighted by Crippen LogP contribution is 2.06. The van der Waals surface area contributed by atoms with Crippen LogP contribution in [0, 0.1) is 0 Å². The van der Waals surface area contributed by atoms with Crippen molar-refractivity contribution in [2.45, 2.75) is 12.1 Å². The molecule has 0 aromatic heterocycles. The van der Waals surface area contributed by atoms with Crippen LogP contribution in [0.2, 0.25) is 0 Å². The molecule has 0 radical (unpaired) electrons. The van der Waals surface area contributed by atoms with Crippen LogP contribution in [-0.2, 0) is 4.74 Å². The summed E-state index contributed by atoms with van der Waals surface area (Å²) in [6.07, 6.45) is 3.77. The second-order valence-electron chi connectivity index (χ2n) is 1.95. The molecular formula is C5H9BO2. The third kappa shape index (κ3) is 1.11. The largest absolute Gasteiger partial charge is 0.393 e. The van der Waals surface area contributed by atoms with E-state index in [0.29, 0.717) is 0 Å². The van der Waals surface area contributed by atoms with Gasteiger partial charge in [0.1, 0.15) is 7.85 Å². The quantitative estimate of drug-likeness (QED) is 0.344. The van der Waals surface area contributed by atoms with E-state index in [1.807, 2.05) is 20.0 Å². The van der Waals surface area contributed by atoms with Crippen molar-refractivity contribution in [3.8, 4) is 0 Å². The maximum atomic E-state index is 8.51. The summed E-state index contributed by atoms with van der Waals surface area (Å²) in [6, 6.07) is 0.187. The fraction of sp³-hybridized carbons (Fsp3) is 0.600. The van der Waals surface area contributed by atoms with Crippen molar-refractivity contribution in [2.75, 3.05) is 6.61 Å². The zero-order valence-electron chi connectivity index (χ0n) is 4.87. The van der Waals surface area contributed by atoms with Gasteiger partial charge >= 0.3 is 0 Å². The predicted octanol–water partition coefficient (Wildman–Crippen LogP) is -1.11. The second kappa shape index (κ2) is 2.33. The Morgan fingerprint density at radius 3 is 2.62 bits per heavy atom. The van der Waals surface area contributed by atoms with Crippen LogP contribution >= 0.6 is 0 Å². The maximum Gasteiger partial charge on any atom is 0.144 e. The summed E-state index contributed by atoms with van der Waals surface area (Å²) in [4.78, 5) is 0. The van der Waals surface area contributed by atoms with Gasteiger partial charge in [-0.15, -0.1) is 0 Å². The monoisotopic (exact) mass is 112 g/mol. The Balaban J connectivity index is 2.34. The van der Waals surface area contributed by atoms with Crippen molar-refractivity contribution in [3.63, 3.8) is 0 Å². The third-order valence-corrected chi connectivity index (χ3v) is 1.17. The lowest BCUT2D eigenvalue weighted by Gasteiger charge is -2.05. The first-order chi connectivity index (χ1) is 3.83. The zero-order chi connectivity index (χ0) is 5.98. The smallest absolute Gasteiger partial charge is 0.144 e. The molecule has 3 heteroatoms. The zero-order valence-corrected chi connectivity index (χ0v) is 4.87. The minimum atomic E-state index is -0.0509. The molecule has 8 heavy (non-hydrogen) atoms. The van der Waals surface area contributed by atoms with Gasteiger partial charge in [0, 0.05) is 6.00 Å². The number of aliphatic hydroxyl groups excluding tert-OH is 1. The first-order valence-corrected chi connectivity index (χ1v) is 2.77. The van der Waals surface area contributed by atoms with E-state index < -0.39 is 0 Å². The second-order valence-corrected chi connectivity index (χ2v) is 1.95. The SMILES string of the molecule is B[C@H]1C=C[C@@H](CO)O1. The fourth-order valence-electron chi connectivity index (χ4n) is 0.751. The molecule has 44 valence electrons. The third-order valence-electron chi connectivity index (χ3n) is 1.17. The Labute approximate surface area is 49.6 Å². The van der Waals surface area contributed by atoms with E-state index in [1.165, 1.54) is 0 Å². The molecular weight excluding hydrogens is 103 g/mol. The minimum absolute atomic E-state index is 0.0509. The average molecular weight is 112 g/mol. The van der Waals surface area contributed by atoms with Gasteiger partial charge in [-0.3, -0.25) is 0 Å². The van der Waals surface area contributed by atoms with Gasteiger partial charge in [-0.2, -0.15) is 0 Å². The molecule has 2 atom stereocenters. The van der Waals surface area contributed by atoms with Crippen LogP contribution in [0.25, 0.3) is 0 Å². The normalized spacial score (nSPS) is 36.1. The van der Waals surface area contributed by atoms with Crippen molar-refractivity contribution in [2.24, 2.45) is 0 Å². The van der Waals surface area contributed by atoms with Crippen LogP contribution < -0.4 is 0 Å². The highest BCUT2D eigenvalue weighted by atomic mass is 16.5. The van der Waals surface area contributed by atoms with Gasteiger partial charge in [-0.1, -0.05) is 12.2 Å². The number of ether oxygens (including phenoxy) is 1. The molecule has 0 amide bonds. The maximum absolute atomic E-state index is 8.51. The topological polar surface area (TPSA) is 29.5 Å². The van der Waals surface area contributed by atoms with Gasteiger partial charge in [-0.25, -0.2) is 0 Å². The molecule has 0 aromatic rings. The highest BCUT2D eigenvalue weighted by Gasteiger charge is 2.12. The lowest BCUT2D eigenvalue weighted by Crippen LogP contribution is -2.15. The molecule has 1 rings (SSSR count). The highest BCUT2D eigenvalue weighted by molar-refractivity contribution is 6.12. The molecule has 0 unspecified atom stereocenters. The summed E-state index contributed by atoms with van der Waals surface area (Å²) in [5.41, 5.74) is 0.